The molecule has 0 spiro atoms. The zero-order valence-electron chi connectivity index (χ0n) is 14.1. The third-order valence-corrected chi connectivity index (χ3v) is 4.15. The molecule has 0 atom stereocenters. The van der Waals surface area contributed by atoms with Crippen LogP contribution >= 0.6 is 15.9 Å². The summed E-state index contributed by atoms with van der Waals surface area (Å²) in [5.74, 6) is 1.68. The molecule has 3 N–H and O–H groups in total. The number of aliphatic imine (C=N–C) groups is 1. The Morgan fingerprint density at radius 1 is 1.12 bits per heavy atom. The predicted molar refractivity (Wildman–Crippen MR) is 102 cm³/mol. The van der Waals surface area contributed by atoms with Gasteiger partial charge in [0.2, 0.25) is 0 Å². The maximum Gasteiger partial charge on any atom is 0.193 e. The van der Waals surface area contributed by atoms with Gasteiger partial charge in [-0.1, -0.05) is 19.1 Å². The average molecular weight is 392 g/mol. The lowest BCUT2D eigenvalue weighted by atomic mass is 10.1. The largest absolute Gasteiger partial charge is 0.493 e. The van der Waals surface area contributed by atoms with Gasteiger partial charge in [-0.05, 0) is 57.7 Å². The average Bonchev–Trinajstić information content (AvgIpc) is 2.60. The lowest BCUT2D eigenvalue weighted by Crippen LogP contribution is -2.22. The molecule has 0 saturated carbocycles. The van der Waals surface area contributed by atoms with Crippen molar-refractivity contribution >= 4 is 27.6 Å². The predicted octanol–water partition coefficient (Wildman–Crippen LogP) is 3.96. The van der Waals surface area contributed by atoms with E-state index < -0.39 is 0 Å². The van der Waals surface area contributed by atoms with Crippen LogP contribution in [0, 0.1) is 0 Å². The fourth-order valence-electron chi connectivity index (χ4n) is 2.25. The quantitative estimate of drug-likeness (QED) is 0.577. The van der Waals surface area contributed by atoms with Crippen molar-refractivity contribution in [1.82, 2.24) is 0 Å². The van der Waals surface area contributed by atoms with Gasteiger partial charge in [-0.3, -0.25) is 0 Å². The van der Waals surface area contributed by atoms with Gasteiger partial charge in [0.25, 0.3) is 0 Å². The van der Waals surface area contributed by atoms with Crippen LogP contribution in [0.4, 0.5) is 5.69 Å². The van der Waals surface area contributed by atoms with Crippen molar-refractivity contribution in [3.05, 3.63) is 52.0 Å². The normalized spacial score (nSPS) is 11.2. The first-order valence-electron chi connectivity index (χ1n) is 7.63. The van der Waals surface area contributed by atoms with E-state index >= 15 is 0 Å². The standard InChI is InChI=1S/C18H22BrN3O2/c1-4-12-5-7-14(8-6-12)22-18(20)21-11-13-9-15(19)17(24-3)16(10-13)23-2/h5-10H,4,11H2,1-3H3,(H3,20,21,22). The molecule has 0 fully saturated rings. The number of methoxy groups -OCH3 is 2. The van der Waals surface area contributed by atoms with Crippen molar-refractivity contribution in [2.45, 2.75) is 19.9 Å². The Hall–Kier alpha value is -2.21. The number of guanidine groups is 1. The first kappa shape index (κ1) is 18.1. The van der Waals surface area contributed by atoms with Crippen molar-refractivity contribution in [2.75, 3.05) is 19.5 Å². The minimum atomic E-state index is 0.366. The van der Waals surface area contributed by atoms with E-state index in [4.69, 9.17) is 15.2 Å². The summed E-state index contributed by atoms with van der Waals surface area (Å²) in [4.78, 5) is 4.37. The van der Waals surface area contributed by atoms with Gasteiger partial charge in [0.15, 0.2) is 17.5 Å². The molecule has 2 aromatic carbocycles. The summed E-state index contributed by atoms with van der Waals surface area (Å²) in [6.07, 6.45) is 1.01. The van der Waals surface area contributed by atoms with E-state index in [1.165, 1.54) is 5.56 Å². The molecule has 2 aromatic rings. The third-order valence-electron chi connectivity index (χ3n) is 3.56. The van der Waals surface area contributed by atoms with Crippen LogP contribution in [0.25, 0.3) is 0 Å². The van der Waals surface area contributed by atoms with Crippen molar-refractivity contribution < 1.29 is 9.47 Å². The molecule has 5 nitrogen and oxygen atoms in total. The van der Waals surface area contributed by atoms with Gasteiger partial charge >= 0.3 is 0 Å². The second-order valence-electron chi connectivity index (χ2n) is 5.19. The summed E-state index contributed by atoms with van der Waals surface area (Å²) in [6, 6.07) is 12.0. The van der Waals surface area contributed by atoms with Crippen LogP contribution in [0.5, 0.6) is 11.5 Å². The Kier molecular flexibility index (Phi) is 6.49. The van der Waals surface area contributed by atoms with Gasteiger partial charge in [0.05, 0.1) is 25.2 Å². The second-order valence-corrected chi connectivity index (χ2v) is 6.04. The minimum absolute atomic E-state index is 0.366. The summed E-state index contributed by atoms with van der Waals surface area (Å²) >= 11 is 3.47. The number of aryl methyl sites for hydroxylation is 1. The molecule has 0 radical (unpaired) electrons. The lowest BCUT2D eigenvalue weighted by molar-refractivity contribution is 0.352. The van der Waals surface area contributed by atoms with Crippen LogP contribution in [-0.2, 0) is 13.0 Å². The maximum absolute atomic E-state index is 5.96. The number of rotatable bonds is 6. The second kappa shape index (κ2) is 8.59. The Bertz CT molecular complexity index is 715. The first-order valence-corrected chi connectivity index (χ1v) is 8.43. The summed E-state index contributed by atoms with van der Waals surface area (Å²) in [7, 11) is 3.21. The molecule has 0 unspecified atom stereocenters. The van der Waals surface area contributed by atoms with Crippen molar-refractivity contribution in [3.63, 3.8) is 0 Å². The summed E-state index contributed by atoms with van der Waals surface area (Å²) in [6.45, 7) is 2.56. The molecule has 0 aliphatic rings. The van der Waals surface area contributed by atoms with Crippen LogP contribution in [0.15, 0.2) is 45.9 Å². The van der Waals surface area contributed by atoms with Gasteiger partial charge in [-0.2, -0.15) is 0 Å². The number of hydrogen-bond donors (Lipinski definition) is 2. The Balaban J connectivity index is 2.07. The first-order chi connectivity index (χ1) is 11.6. The fourth-order valence-corrected chi connectivity index (χ4v) is 2.90. The third kappa shape index (κ3) is 4.64. The topological polar surface area (TPSA) is 68.9 Å². The number of halogens is 1. The number of nitrogens with zero attached hydrogens (tertiary/aromatic N) is 1. The summed E-state index contributed by atoms with van der Waals surface area (Å²) < 4.78 is 11.4. The zero-order chi connectivity index (χ0) is 17.5. The number of nitrogens with one attached hydrogen (secondary N) is 1. The van der Waals surface area contributed by atoms with Crippen LogP contribution in [0.2, 0.25) is 0 Å². The van der Waals surface area contributed by atoms with E-state index in [0.717, 1.165) is 22.1 Å². The number of nitrogens with two attached hydrogens (primary N) is 1. The molecule has 0 amide bonds. The molecular formula is C18H22BrN3O2. The highest BCUT2D eigenvalue weighted by atomic mass is 79.9. The highest BCUT2D eigenvalue weighted by molar-refractivity contribution is 9.10. The molecule has 0 bridgehead atoms. The Morgan fingerprint density at radius 2 is 1.83 bits per heavy atom. The van der Waals surface area contributed by atoms with E-state index in [2.05, 4.69) is 45.3 Å². The van der Waals surface area contributed by atoms with Crippen LogP contribution < -0.4 is 20.5 Å². The van der Waals surface area contributed by atoms with Gasteiger partial charge in [0.1, 0.15) is 0 Å². The van der Waals surface area contributed by atoms with E-state index in [9.17, 15) is 0 Å². The highest BCUT2D eigenvalue weighted by Gasteiger charge is 2.10. The molecular weight excluding hydrogens is 370 g/mol. The molecule has 6 heteroatoms. The van der Waals surface area contributed by atoms with E-state index in [-0.39, 0.29) is 0 Å². The molecule has 0 aromatic heterocycles. The van der Waals surface area contributed by atoms with E-state index in [0.29, 0.717) is 24.0 Å². The number of anilines is 1. The minimum Gasteiger partial charge on any atom is -0.493 e. The molecule has 0 heterocycles. The zero-order valence-corrected chi connectivity index (χ0v) is 15.7. The Labute approximate surface area is 151 Å². The van der Waals surface area contributed by atoms with Crippen molar-refractivity contribution in [1.29, 1.82) is 0 Å². The van der Waals surface area contributed by atoms with Crippen molar-refractivity contribution in [3.8, 4) is 11.5 Å². The van der Waals surface area contributed by atoms with Gasteiger partial charge in [-0.15, -0.1) is 0 Å². The van der Waals surface area contributed by atoms with Crippen LogP contribution in [-0.4, -0.2) is 20.2 Å². The molecule has 2 rings (SSSR count). The fraction of sp³-hybridized carbons (Fsp3) is 0.278. The monoisotopic (exact) mass is 391 g/mol. The molecule has 0 saturated heterocycles. The van der Waals surface area contributed by atoms with E-state index in [1.54, 1.807) is 14.2 Å². The molecule has 24 heavy (non-hydrogen) atoms. The molecule has 128 valence electrons. The van der Waals surface area contributed by atoms with Crippen molar-refractivity contribution in [2.24, 2.45) is 10.7 Å². The van der Waals surface area contributed by atoms with Gasteiger partial charge in [0, 0.05) is 5.69 Å². The van der Waals surface area contributed by atoms with Gasteiger partial charge < -0.3 is 20.5 Å². The number of hydrogen-bond acceptors (Lipinski definition) is 3. The smallest absolute Gasteiger partial charge is 0.193 e. The van der Waals surface area contributed by atoms with E-state index in [1.807, 2.05) is 24.3 Å². The summed E-state index contributed by atoms with van der Waals surface area (Å²) in [5, 5.41) is 3.09. The lowest BCUT2D eigenvalue weighted by Gasteiger charge is -2.11. The summed E-state index contributed by atoms with van der Waals surface area (Å²) in [5.41, 5.74) is 9.13. The Morgan fingerprint density at radius 3 is 2.42 bits per heavy atom. The maximum atomic E-state index is 5.96. The van der Waals surface area contributed by atoms with Crippen LogP contribution in [0.3, 0.4) is 0 Å². The number of ether oxygens (including phenoxy) is 2. The molecule has 0 aliphatic heterocycles. The molecule has 0 aliphatic carbocycles. The van der Waals surface area contributed by atoms with Gasteiger partial charge in [-0.25, -0.2) is 4.99 Å². The SMILES string of the molecule is CCc1ccc(NC(N)=NCc2cc(Br)c(OC)c(OC)c2)cc1. The highest BCUT2D eigenvalue weighted by Crippen LogP contribution is 2.36. The number of benzene rings is 2. The van der Waals surface area contributed by atoms with Crippen LogP contribution in [0.1, 0.15) is 18.1 Å².